The Bertz CT molecular complexity index is 746. The van der Waals surface area contributed by atoms with E-state index in [1.165, 1.54) is 0 Å². The number of para-hydroxylation sites is 1. The van der Waals surface area contributed by atoms with Crippen molar-refractivity contribution in [3.63, 3.8) is 0 Å². The van der Waals surface area contributed by atoms with Crippen molar-refractivity contribution in [2.24, 2.45) is 5.14 Å². The van der Waals surface area contributed by atoms with Gasteiger partial charge in [0, 0.05) is 5.39 Å². The number of hydrogen-bond acceptors (Lipinski definition) is 7. The van der Waals surface area contributed by atoms with Crippen LogP contribution in [-0.2, 0) is 15.8 Å². The van der Waals surface area contributed by atoms with Gasteiger partial charge in [-0.15, -0.1) is 10.2 Å². The Morgan fingerprint density at radius 3 is 2.35 bits per heavy atom. The summed E-state index contributed by atoms with van der Waals surface area (Å²) in [6, 6.07) is 8.74. The van der Waals surface area contributed by atoms with Crippen molar-refractivity contribution in [2.45, 2.75) is 5.75 Å². The van der Waals surface area contributed by atoms with Gasteiger partial charge in [0.05, 0.1) is 12.4 Å². The van der Waals surface area contributed by atoms with Crippen LogP contribution in [0.1, 0.15) is 5.69 Å². The third-order valence-corrected chi connectivity index (χ3v) is 2.87. The molecule has 1 aromatic carbocycles. The Labute approximate surface area is 114 Å². The van der Waals surface area contributed by atoms with Crippen LogP contribution in [0.15, 0.2) is 47.2 Å². The van der Waals surface area contributed by atoms with E-state index in [0.29, 0.717) is 16.7 Å². The van der Waals surface area contributed by atoms with Gasteiger partial charge in [0.2, 0.25) is 10.0 Å². The minimum atomic E-state index is -3.56. The lowest BCUT2D eigenvalue weighted by Gasteiger charge is -1.92. The van der Waals surface area contributed by atoms with E-state index >= 15 is 0 Å². The number of aromatic nitrogens is 4. The molecule has 3 aromatic rings. The van der Waals surface area contributed by atoms with Crippen molar-refractivity contribution in [3.05, 3.63) is 48.4 Å². The topological polar surface area (TPSA) is 125 Å². The second-order valence-corrected chi connectivity index (χ2v) is 5.36. The molecule has 0 radical (unpaired) electrons. The minimum Gasteiger partial charge on any atom is -0.356 e. The highest BCUT2D eigenvalue weighted by atomic mass is 32.2. The zero-order chi connectivity index (χ0) is 14.4. The molecule has 0 aliphatic carbocycles. The molecule has 2 N–H and O–H groups in total. The van der Waals surface area contributed by atoms with E-state index < -0.39 is 10.0 Å². The summed E-state index contributed by atoms with van der Waals surface area (Å²) in [5, 5.41) is 19.4. The summed E-state index contributed by atoms with van der Waals surface area (Å²) in [7, 11) is -3.56. The molecular weight excluding hydrogens is 282 g/mol. The van der Waals surface area contributed by atoms with E-state index in [0.717, 1.165) is 0 Å². The first kappa shape index (κ1) is 14.0. The molecule has 0 unspecified atom stereocenters. The van der Waals surface area contributed by atoms with Crippen LogP contribution in [-0.4, -0.2) is 29.0 Å². The number of fused-ring (bicyclic) bond motifs is 1. The van der Waals surface area contributed by atoms with Gasteiger partial charge in [0.15, 0.2) is 5.58 Å². The van der Waals surface area contributed by atoms with Crippen molar-refractivity contribution >= 4 is 21.0 Å². The highest BCUT2D eigenvalue weighted by molar-refractivity contribution is 7.88. The molecule has 0 bridgehead atoms. The molecule has 0 spiro atoms. The Morgan fingerprint density at radius 2 is 1.80 bits per heavy atom. The van der Waals surface area contributed by atoms with Gasteiger partial charge in [0.25, 0.3) is 0 Å². The molecule has 0 saturated carbocycles. The van der Waals surface area contributed by atoms with Crippen molar-refractivity contribution in [1.29, 1.82) is 0 Å². The summed E-state index contributed by atoms with van der Waals surface area (Å²) in [5.74, 6) is -0.302. The molecular formula is C11H11N5O3S. The van der Waals surface area contributed by atoms with E-state index in [1.807, 2.05) is 0 Å². The number of sulfonamides is 1. The Hall–Kier alpha value is -2.39. The normalized spacial score (nSPS) is 10.8. The molecule has 0 aliphatic heterocycles. The summed E-state index contributed by atoms with van der Waals surface area (Å²) in [6.07, 6.45) is 3.15. The highest BCUT2D eigenvalue weighted by Gasteiger charge is 2.12. The van der Waals surface area contributed by atoms with Crippen LogP contribution in [0.25, 0.3) is 11.0 Å². The summed E-state index contributed by atoms with van der Waals surface area (Å²) in [5.41, 5.74) is 0.911. The summed E-state index contributed by atoms with van der Waals surface area (Å²) < 4.78 is 26.6. The molecule has 0 saturated heterocycles. The predicted octanol–water partition coefficient (Wildman–Crippen LogP) is 0.488. The van der Waals surface area contributed by atoms with Crippen LogP contribution < -0.4 is 5.14 Å². The maximum Gasteiger partial charge on any atom is 0.214 e. The standard InChI is InChI=1S/C8H8N2O3S.C3H3N3/c9-14(11,12)5-7-6-3-1-2-4-8(6)13-10-7;1-2-4-6-5-3-1/h1-4H,5H2,(H2,9,11,12);1-3H. The second kappa shape index (κ2) is 6.17. The fourth-order valence-electron chi connectivity index (χ4n) is 1.44. The van der Waals surface area contributed by atoms with Crippen LogP contribution in [0.4, 0.5) is 0 Å². The summed E-state index contributed by atoms with van der Waals surface area (Å²) in [4.78, 5) is 0. The zero-order valence-electron chi connectivity index (χ0n) is 10.2. The third-order valence-electron chi connectivity index (χ3n) is 2.20. The number of benzene rings is 1. The lowest BCUT2D eigenvalue weighted by atomic mass is 10.2. The highest BCUT2D eigenvalue weighted by Crippen LogP contribution is 2.18. The Morgan fingerprint density at radius 1 is 1.10 bits per heavy atom. The largest absolute Gasteiger partial charge is 0.356 e. The maximum atomic E-state index is 10.8. The van der Waals surface area contributed by atoms with Crippen LogP contribution >= 0.6 is 0 Å². The van der Waals surface area contributed by atoms with E-state index in [1.54, 1.807) is 42.7 Å². The number of nitrogens with zero attached hydrogens (tertiary/aromatic N) is 4. The van der Waals surface area contributed by atoms with E-state index in [2.05, 4.69) is 20.6 Å². The molecule has 9 heteroatoms. The quantitative estimate of drug-likeness (QED) is 0.728. The SMILES string of the molecule is NS(=O)(=O)Cc1noc2ccccc12.c1cnnnc1. The summed E-state index contributed by atoms with van der Waals surface area (Å²) in [6.45, 7) is 0. The van der Waals surface area contributed by atoms with Crippen LogP contribution in [0.3, 0.4) is 0 Å². The monoisotopic (exact) mass is 293 g/mol. The van der Waals surface area contributed by atoms with Gasteiger partial charge in [-0.3, -0.25) is 0 Å². The van der Waals surface area contributed by atoms with E-state index in [9.17, 15) is 8.42 Å². The van der Waals surface area contributed by atoms with Crippen LogP contribution in [0, 0.1) is 0 Å². The number of rotatable bonds is 2. The molecule has 0 atom stereocenters. The smallest absolute Gasteiger partial charge is 0.214 e. The van der Waals surface area contributed by atoms with Crippen LogP contribution in [0.2, 0.25) is 0 Å². The van der Waals surface area contributed by atoms with E-state index in [-0.39, 0.29) is 5.75 Å². The minimum absolute atomic E-state index is 0.302. The average Bonchev–Trinajstić information content (AvgIpc) is 2.83. The zero-order valence-corrected chi connectivity index (χ0v) is 11.1. The van der Waals surface area contributed by atoms with Crippen molar-refractivity contribution in [2.75, 3.05) is 0 Å². The maximum absolute atomic E-state index is 10.8. The first-order valence-corrected chi connectivity index (χ1v) is 7.20. The first-order chi connectivity index (χ1) is 9.56. The van der Waals surface area contributed by atoms with Gasteiger partial charge in [0.1, 0.15) is 11.4 Å². The molecule has 104 valence electrons. The fourth-order valence-corrected chi connectivity index (χ4v) is 2.03. The second-order valence-electron chi connectivity index (χ2n) is 3.74. The fraction of sp³-hybridized carbons (Fsp3) is 0.0909. The number of hydrogen-bond donors (Lipinski definition) is 1. The van der Waals surface area contributed by atoms with Crippen molar-refractivity contribution in [3.8, 4) is 0 Å². The predicted molar refractivity (Wildman–Crippen MR) is 70.6 cm³/mol. The first-order valence-electron chi connectivity index (χ1n) is 5.48. The lowest BCUT2D eigenvalue weighted by molar-refractivity contribution is 0.448. The molecule has 2 aromatic heterocycles. The molecule has 0 aliphatic rings. The molecule has 0 amide bonds. The van der Waals surface area contributed by atoms with Gasteiger partial charge in [-0.05, 0) is 23.4 Å². The van der Waals surface area contributed by atoms with Crippen molar-refractivity contribution in [1.82, 2.24) is 20.6 Å². The molecule has 8 nitrogen and oxygen atoms in total. The van der Waals surface area contributed by atoms with E-state index in [4.69, 9.17) is 9.66 Å². The molecule has 20 heavy (non-hydrogen) atoms. The van der Waals surface area contributed by atoms with Crippen molar-refractivity contribution < 1.29 is 12.9 Å². The number of primary sulfonamides is 1. The Balaban J connectivity index is 0.000000205. The van der Waals surface area contributed by atoms with Gasteiger partial charge in [-0.2, -0.15) is 0 Å². The van der Waals surface area contributed by atoms with Gasteiger partial charge in [-0.25, -0.2) is 13.6 Å². The molecule has 3 rings (SSSR count). The lowest BCUT2D eigenvalue weighted by Crippen LogP contribution is -2.14. The summed E-state index contributed by atoms with van der Waals surface area (Å²) >= 11 is 0. The van der Waals surface area contributed by atoms with Gasteiger partial charge < -0.3 is 4.52 Å². The van der Waals surface area contributed by atoms with Crippen LogP contribution in [0.5, 0.6) is 0 Å². The van der Waals surface area contributed by atoms with Gasteiger partial charge in [-0.1, -0.05) is 17.3 Å². The van der Waals surface area contributed by atoms with Gasteiger partial charge >= 0.3 is 0 Å². The number of nitrogens with two attached hydrogens (primary N) is 1. The third kappa shape index (κ3) is 4.07. The molecule has 0 fully saturated rings. The Kier molecular flexibility index (Phi) is 4.33. The average molecular weight is 293 g/mol. The molecule has 2 heterocycles.